The van der Waals surface area contributed by atoms with Crippen molar-refractivity contribution in [2.75, 3.05) is 6.61 Å². The molecule has 0 amide bonds. The highest BCUT2D eigenvalue weighted by atomic mass is 19.1. The summed E-state index contributed by atoms with van der Waals surface area (Å²) in [5.41, 5.74) is 0.165. The van der Waals surface area contributed by atoms with E-state index in [0.717, 1.165) is 0 Å². The van der Waals surface area contributed by atoms with Crippen molar-refractivity contribution in [1.82, 2.24) is 0 Å². The molecule has 1 aliphatic rings. The third kappa shape index (κ3) is 1.66. The maximum atomic E-state index is 13.4. The summed E-state index contributed by atoms with van der Waals surface area (Å²) in [5.74, 6) is -0.278. The second-order valence-electron chi connectivity index (χ2n) is 4.15. The third-order valence-corrected chi connectivity index (χ3v) is 3.20. The summed E-state index contributed by atoms with van der Waals surface area (Å²) in [6.07, 6.45) is 0.246. The zero-order chi connectivity index (χ0) is 11.1. The van der Waals surface area contributed by atoms with E-state index in [2.05, 4.69) is 0 Å². The molecule has 82 valence electrons. The van der Waals surface area contributed by atoms with Crippen LogP contribution in [-0.2, 0) is 10.3 Å². The van der Waals surface area contributed by atoms with Gasteiger partial charge >= 0.3 is 0 Å². The molecule has 0 bridgehead atoms. The van der Waals surface area contributed by atoms with Crippen LogP contribution in [0.5, 0.6) is 0 Å². The van der Waals surface area contributed by atoms with Gasteiger partial charge in [-0.25, -0.2) is 4.39 Å². The molecule has 1 aliphatic heterocycles. The van der Waals surface area contributed by atoms with Crippen LogP contribution in [0.3, 0.4) is 0 Å². The van der Waals surface area contributed by atoms with Crippen LogP contribution in [0.4, 0.5) is 4.39 Å². The van der Waals surface area contributed by atoms with Crippen LogP contribution in [0.2, 0.25) is 0 Å². The van der Waals surface area contributed by atoms with Crippen molar-refractivity contribution >= 4 is 0 Å². The number of aliphatic hydroxyl groups is 1. The average molecular weight is 210 g/mol. The highest BCUT2D eigenvalue weighted by Crippen LogP contribution is 2.36. The summed E-state index contributed by atoms with van der Waals surface area (Å²) in [6.45, 7) is 4.04. The van der Waals surface area contributed by atoms with E-state index in [1.807, 2.05) is 6.92 Å². The van der Waals surface area contributed by atoms with Gasteiger partial charge in [-0.15, -0.1) is 0 Å². The van der Waals surface area contributed by atoms with Crippen LogP contribution in [-0.4, -0.2) is 17.8 Å². The molecule has 2 atom stereocenters. The predicted octanol–water partition coefficient (Wildman–Crippen LogP) is 2.13. The fraction of sp³-hybridized carbons (Fsp3) is 0.500. The van der Waals surface area contributed by atoms with Gasteiger partial charge in [-0.2, -0.15) is 0 Å². The first kappa shape index (κ1) is 10.6. The van der Waals surface area contributed by atoms with Crippen LogP contribution >= 0.6 is 0 Å². The molecule has 0 aliphatic carbocycles. The van der Waals surface area contributed by atoms with Gasteiger partial charge in [0.1, 0.15) is 11.4 Å². The van der Waals surface area contributed by atoms with Gasteiger partial charge in [-0.3, -0.25) is 0 Å². The van der Waals surface area contributed by atoms with Gasteiger partial charge in [0.25, 0.3) is 0 Å². The number of rotatable bonds is 1. The van der Waals surface area contributed by atoms with Crippen LogP contribution in [0.15, 0.2) is 18.2 Å². The SMILES string of the molecule is Cc1ccc(C2(O)CCOC2C)cc1F. The Morgan fingerprint density at radius 2 is 2.27 bits per heavy atom. The number of aryl methyl sites for hydroxylation is 1. The lowest BCUT2D eigenvalue weighted by atomic mass is 9.87. The van der Waals surface area contributed by atoms with E-state index in [1.54, 1.807) is 19.1 Å². The quantitative estimate of drug-likeness (QED) is 0.769. The Balaban J connectivity index is 2.40. The standard InChI is InChI=1S/C12H15FO2/c1-8-3-4-10(7-11(8)13)12(14)5-6-15-9(12)2/h3-4,7,9,14H,5-6H2,1-2H3. The number of hydrogen-bond donors (Lipinski definition) is 1. The molecular formula is C12H15FO2. The van der Waals surface area contributed by atoms with Gasteiger partial charge in [0, 0.05) is 6.42 Å². The van der Waals surface area contributed by atoms with Crippen molar-refractivity contribution in [2.24, 2.45) is 0 Å². The molecule has 2 rings (SSSR count). The second-order valence-corrected chi connectivity index (χ2v) is 4.15. The van der Waals surface area contributed by atoms with Crippen molar-refractivity contribution in [3.63, 3.8) is 0 Å². The largest absolute Gasteiger partial charge is 0.382 e. The van der Waals surface area contributed by atoms with Crippen LogP contribution < -0.4 is 0 Å². The molecule has 1 N–H and O–H groups in total. The summed E-state index contributed by atoms with van der Waals surface area (Å²) in [5, 5.41) is 10.4. The minimum absolute atomic E-state index is 0.278. The van der Waals surface area contributed by atoms with E-state index in [9.17, 15) is 9.50 Å². The molecule has 2 nitrogen and oxygen atoms in total. The summed E-state index contributed by atoms with van der Waals surface area (Å²) < 4.78 is 18.7. The van der Waals surface area contributed by atoms with Crippen LogP contribution in [0, 0.1) is 12.7 Å². The van der Waals surface area contributed by atoms with Crippen molar-refractivity contribution in [1.29, 1.82) is 0 Å². The maximum Gasteiger partial charge on any atom is 0.126 e. The van der Waals surface area contributed by atoms with Crippen molar-refractivity contribution in [3.8, 4) is 0 Å². The van der Waals surface area contributed by atoms with Crippen molar-refractivity contribution in [3.05, 3.63) is 35.1 Å². The summed E-state index contributed by atoms with van der Waals surface area (Å²) in [4.78, 5) is 0. The first-order chi connectivity index (χ1) is 7.04. The van der Waals surface area contributed by atoms with E-state index in [4.69, 9.17) is 4.74 Å². The van der Waals surface area contributed by atoms with E-state index < -0.39 is 5.60 Å². The highest BCUT2D eigenvalue weighted by Gasteiger charge is 2.41. The Bertz CT molecular complexity index is 378. The monoisotopic (exact) mass is 210 g/mol. The summed E-state index contributed by atoms with van der Waals surface area (Å²) in [7, 11) is 0. The van der Waals surface area contributed by atoms with Gasteiger partial charge in [-0.1, -0.05) is 12.1 Å². The normalized spacial score (nSPS) is 30.8. The van der Waals surface area contributed by atoms with Gasteiger partial charge < -0.3 is 9.84 Å². The van der Waals surface area contributed by atoms with Crippen LogP contribution in [0.1, 0.15) is 24.5 Å². The zero-order valence-electron chi connectivity index (χ0n) is 8.96. The average Bonchev–Trinajstić information content (AvgIpc) is 2.53. The molecule has 15 heavy (non-hydrogen) atoms. The lowest BCUT2D eigenvalue weighted by Gasteiger charge is -2.26. The Hall–Kier alpha value is -0.930. The summed E-state index contributed by atoms with van der Waals surface area (Å²) >= 11 is 0. The van der Waals surface area contributed by atoms with E-state index in [0.29, 0.717) is 24.2 Å². The zero-order valence-corrected chi connectivity index (χ0v) is 8.96. The van der Waals surface area contributed by atoms with Gasteiger partial charge in [0.05, 0.1) is 12.7 Å². The topological polar surface area (TPSA) is 29.5 Å². The van der Waals surface area contributed by atoms with E-state index in [1.165, 1.54) is 6.07 Å². The molecule has 0 spiro atoms. The van der Waals surface area contributed by atoms with E-state index >= 15 is 0 Å². The molecule has 1 saturated heterocycles. The molecule has 0 aromatic heterocycles. The molecule has 1 aromatic carbocycles. The first-order valence-corrected chi connectivity index (χ1v) is 5.14. The fourth-order valence-electron chi connectivity index (χ4n) is 1.97. The summed E-state index contributed by atoms with van der Waals surface area (Å²) in [6, 6.07) is 4.86. The molecule has 1 heterocycles. The van der Waals surface area contributed by atoms with E-state index in [-0.39, 0.29) is 11.9 Å². The third-order valence-electron chi connectivity index (χ3n) is 3.20. The fourth-order valence-corrected chi connectivity index (χ4v) is 1.97. The Morgan fingerprint density at radius 3 is 2.80 bits per heavy atom. The number of halogens is 1. The predicted molar refractivity (Wildman–Crippen MR) is 55.1 cm³/mol. The second kappa shape index (κ2) is 3.58. The number of ether oxygens (including phenoxy) is 1. The molecule has 0 radical (unpaired) electrons. The highest BCUT2D eigenvalue weighted by molar-refractivity contribution is 5.29. The number of benzene rings is 1. The minimum atomic E-state index is -1.03. The molecule has 3 heteroatoms. The number of hydrogen-bond acceptors (Lipinski definition) is 2. The van der Waals surface area contributed by atoms with Gasteiger partial charge in [-0.05, 0) is 31.0 Å². The van der Waals surface area contributed by atoms with Crippen LogP contribution in [0.25, 0.3) is 0 Å². The Morgan fingerprint density at radius 1 is 1.53 bits per heavy atom. The smallest absolute Gasteiger partial charge is 0.126 e. The Labute approximate surface area is 88.7 Å². The first-order valence-electron chi connectivity index (χ1n) is 5.14. The van der Waals surface area contributed by atoms with Gasteiger partial charge in [0.2, 0.25) is 0 Å². The molecule has 1 aromatic rings. The van der Waals surface area contributed by atoms with Gasteiger partial charge in [0.15, 0.2) is 0 Å². The molecule has 2 unspecified atom stereocenters. The molecular weight excluding hydrogens is 195 g/mol. The Kier molecular flexibility index (Phi) is 2.52. The maximum absolute atomic E-state index is 13.4. The minimum Gasteiger partial charge on any atom is -0.382 e. The van der Waals surface area contributed by atoms with Crippen molar-refractivity contribution in [2.45, 2.75) is 32.0 Å². The molecule has 1 fully saturated rings. The lowest BCUT2D eigenvalue weighted by molar-refractivity contribution is -0.0318. The molecule has 0 saturated carbocycles. The lowest BCUT2D eigenvalue weighted by Crippen LogP contribution is -2.33. The van der Waals surface area contributed by atoms with Crippen molar-refractivity contribution < 1.29 is 14.2 Å².